The molecule has 2 aliphatic carbocycles. The van der Waals surface area contributed by atoms with Gasteiger partial charge in [0.1, 0.15) is 12.2 Å². The molecule has 3 nitrogen and oxygen atoms in total. The minimum Gasteiger partial charge on any atom is -0.430 e. The summed E-state index contributed by atoms with van der Waals surface area (Å²) in [6.07, 6.45) is 6.72. The Kier molecular flexibility index (Phi) is 12.2. The third-order valence-electron chi connectivity index (χ3n) is 5.35. The molecule has 2 saturated carbocycles. The number of ether oxygens (including phenoxy) is 2. The summed E-state index contributed by atoms with van der Waals surface area (Å²) in [5, 5.41) is 0. The van der Waals surface area contributed by atoms with E-state index in [1.54, 1.807) is 0 Å². The van der Waals surface area contributed by atoms with Crippen LogP contribution in [0.1, 0.15) is 93.9 Å². The van der Waals surface area contributed by atoms with Gasteiger partial charge in [-0.15, -0.1) is 0 Å². The molecule has 2 rings (SSSR count). The Morgan fingerprint density at radius 1 is 0.625 bits per heavy atom. The van der Waals surface area contributed by atoms with Crippen LogP contribution in [-0.2, 0) is 9.47 Å². The van der Waals surface area contributed by atoms with Gasteiger partial charge in [0.25, 0.3) is 0 Å². The van der Waals surface area contributed by atoms with E-state index in [1.807, 2.05) is 27.7 Å². The lowest BCUT2D eigenvalue weighted by Gasteiger charge is -2.36. The molecule has 0 spiro atoms. The Hall–Kier alpha value is -0.730. The largest absolute Gasteiger partial charge is 0.508 e. The maximum Gasteiger partial charge on any atom is 0.508 e. The molecular weight excluding hydrogens is 300 g/mol. The van der Waals surface area contributed by atoms with E-state index in [9.17, 15) is 4.79 Å². The van der Waals surface area contributed by atoms with E-state index >= 15 is 0 Å². The highest BCUT2D eigenvalue weighted by Crippen LogP contribution is 2.34. The minimum atomic E-state index is -0.443. The van der Waals surface area contributed by atoms with Crippen LogP contribution in [-0.4, -0.2) is 18.4 Å². The van der Waals surface area contributed by atoms with Gasteiger partial charge >= 0.3 is 6.16 Å². The van der Waals surface area contributed by atoms with E-state index in [2.05, 4.69) is 27.7 Å². The highest BCUT2D eigenvalue weighted by molar-refractivity contribution is 5.60. The van der Waals surface area contributed by atoms with Crippen molar-refractivity contribution in [3.8, 4) is 0 Å². The zero-order chi connectivity index (χ0) is 18.7. The molecule has 4 unspecified atom stereocenters. The lowest BCUT2D eigenvalue weighted by atomic mass is 9.80. The molecule has 0 aromatic heterocycles. The van der Waals surface area contributed by atoms with E-state index in [1.165, 1.54) is 12.8 Å². The van der Waals surface area contributed by atoms with E-state index < -0.39 is 6.16 Å². The third-order valence-corrected chi connectivity index (χ3v) is 5.35. The van der Waals surface area contributed by atoms with Gasteiger partial charge in [0.15, 0.2) is 0 Å². The van der Waals surface area contributed by atoms with Crippen LogP contribution in [0.4, 0.5) is 4.79 Å². The number of hydrogen-bond acceptors (Lipinski definition) is 3. The van der Waals surface area contributed by atoms with E-state index in [-0.39, 0.29) is 12.2 Å². The van der Waals surface area contributed by atoms with Crippen LogP contribution in [0.2, 0.25) is 0 Å². The summed E-state index contributed by atoms with van der Waals surface area (Å²) in [6.45, 7) is 16.7. The second-order valence-electron chi connectivity index (χ2n) is 7.19. The quantitative estimate of drug-likeness (QED) is 0.515. The summed E-state index contributed by atoms with van der Waals surface area (Å²) in [7, 11) is 0. The van der Waals surface area contributed by atoms with E-state index in [4.69, 9.17) is 9.47 Å². The predicted octanol–water partition coefficient (Wildman–Crippen LogP) is 6.84. The Bertz CT molecular complexity index is 279. The van der Waals surface area contributed by atoms with Crippen LogP contribution in [0.3, 0.4) is 0 Å². The first-order chi connectivity index (χ1) is 11.5. The summed E-state index contributed by atoms with van der Waals surface area (Å²) in [4.78, 5) is 12.1. The molecule has 4 atom stereocenters. The van der Waals surface area contributed by atoms with Gasteiger partial charge in [-0.25, -0.2) is 4.79 Å². The molecule has 0 amide bonds. The fourth-order valence-electron chi connectivity index (χ4n) is 4.02. The number of rotatable bonds is 2. The van der Waals surface area contributed by atoms with Gasteiger partial charge in [0.05, 0.1) is 0 Å². The standard InChI is InChI=1S/C17H30O3.2C2H6/c1-11-7-5-8-12(2)15(11)19-17(18)20-16-13(3)9-6-10-14(16)4;2*1-2/h11-16H,5-10H2,1-4H3;2*1-2H3. The Balaban J connectivity index is 0.00000123. The van der Waals surface area contributed by atoms with E-state index in [0.717, 1.165) is 25.7 Å². The molecule has 0 aliphatic heterocycles. The van der Waals surface area contributed by atoms with Gasteiger partial charge in [0, 0.05) is 0 Å². The molecule has 0 bridgehead atoms. The van der Waals surface area contributed by atoms with Crippen LogP contribution in [0.15, 0.2) is 0 Å². The normalized spacial score (nSPS) is 35.5. The summed E-state index contributed by atoms with van der Waals surface area (Å²) >= 11 is 0. The zero-order valence-electron chi connectivity index (χ0n) is 17.4. The Labute approximate surface area is 150 Å². The maximum atomic E-state index is 12.1. The SMILES string of the molecule is CC.CC.CC1CCCC(C)C1OC(=O)OC1C(C)CCCC1C. The van der Waals surface area contributed by atoms with Crippen LogP contribution in [0.5, 0.6) is 0 Å². The molecule has 2 aliphatic rings. The fraction of sp³-hybridized carbons (Fsp3) is 0.952. The molecule has 0 aromatic carbocycles. The number of carbonyl (C=O) groups excluding carboxylic acids is 1. The van der Waals surface area contributed by atoms with Gasteiger partial charge < -0.3 is 9.47 Å². The van der Waals surface area contributed by atoms with Gasteiger partial charge in [-0.1, -0.05) is 68.2 Å². The molecular formula is C21H42O3. The molecule has 0 radical (unpaired) electrons. The van der Waals surface area contributed by atoms with Gasteiger partial charge in [-0.05, 0) is 49.4 Å². The van der Waals surface area contributed by atoms with Crippen molar-refractivity contribution in [3.05, 3.63) is 0 Å². The molecule has 0 N–H and O–H groups in total. The second kappa shape index (κ2) is 12.6. The lowest BCUT2D eigenvalue weighted by molar-refractivity contribution is -0.0711. The number of hydrogen-bond donors (Lipinski definition) is 0. The second-order valence-corrected chi connectivity index (χ2v) is 7.19. The molecule has 144 valence electrons. The first-order valence-electron chi connectivity index (χ1n) is 10.4. The Morgan fingerprint density at radius 2 is 0.875 bits per heavy atom. The summed E-state index contributed by atoms with van der Waals surface area (Å²) in [5.74, 6) is 1.81. The van der Waals surface area contributed by atoms with Crippen molar-refractivity contribution in [3.63, 3.8) is 0 Å². The Morgan fingerprint density at radius 3 is 1.12 bits per heavy atom. The monoisotopic (exact) mass is 342 g/mol. The van der Waals surface area contributed by atoms with Gasteiger partial charge in [-0.2, -0.15) is 0 Å². The van der Waals surface area contributed by atoms with Crippen LogP contribution < -0.4 is 0 Å². The average molecular weight is 343 g/mol. The van der Waals surface area contributed by atoms with Crippen molar-refractivity contribution in [2.24, 2.45) is 23.7 Å². The summed E-state index contributed by atoms with van der Waals surface area (Å²) < 4.78 is 11.3. The van der Waals surface area contributed by atoms with Crippen molar-refractivity contribution >= 4 is 6.16 Å². The number of carbonyl (C=O) groups is 1. The summed E-state index contributed by atoms with van der Waals surface area (Å²) in [6, 6.07) is 0. The molecule has 0 saturated heterocycles. The first kappa shape index (κ1) is 23.3. The van der Waals surface area contributed by atoms with Crippen molar-refractivity contribution in [1.29, 1.82) is 0 Å². The molecule has 0 aromatic rings. The highest BCUT2D eigenvalue weighted by Gasteiger charge is 2.35. The summed E-state index contributed by atoms with van der Waals surface area (Å²) in [5.41, 5.74) is 0. The molecule has 2 fully saturated rings. The zero-order valence-corrected chi connectivity index (χ0v) is 17.4. The molecule has 24 heavy (non-hydrogen) atoms. The van der Waals surface area contributed by atoms with Gasteiger partial charge in [-0.3, -0.25) is 0 Å². The highest BCUT2D eigenvalue weighted by atomic mass is 16.7. The maximum absolute atomic E-state index is 12.1. The van der Waals surface area contributed by atoms with Crippen LogP contribution in [0.25, 0.3) is 0 Å². The van der Waals surface area contributed by atoms with E-state index in [0.29, 0.717) is 23.7 Å². The fourth-order valence-corrected chi connectivity index (χ4v) is 4.02. The van der Waals surface area contributed by atoms with Crippen molar-refractivity contribution in [2.75, 3.05) is 0 Å². The van der Waals surface area contributed by atoms with Crippen molar-refractivity contribution < 1.29 is 14.3 Å². The first-order valence-corrected chi connectivity index (χ1v) is 10.4. The van der Waals surface area contributed by atoms with Crippen LogP contribution >= 0.6 is 0 Å². The van der Waals surface area contributed by atoms with Crippen LogP contribution in [0, 0.1) is 23.7 Å². The van der Waals surface area contributed by atoms with Gasteiger partial charge in [0.2, 0.25) is 0 Å². The topological polar surface area (TPSA) is 35.5 Å². The van der Waals surface area contributed by atoms with Crippen molar-refractivity contribution in [1.82, 2.24) is 0 Å². The predicted molar refractivity (Wildman–Crippen MR) is 102 cm³/mol. The third kappa shape index (κ3) is 7.03. The average Bonchev–Trinajstić information content (AvgIpc) is 2.58. The van der Waals surface area contributed by atoms with Crippen molar-refractivity contribution in [2.45, 2.75) is 106 Å². The lowest BCUT2D eigenvalue weighted by Crippen LogP contribution is -2.39. The molecule has 0 heterocycles. The molecule has 3 heteroatoms. The minimum absolute atomic E-state index is 0.0328. The smallest absolute Gasteiger partial charge is 0.430 e.